The number of carbonyl (C=O) groups is 2. The van der Waals surface area contributed by atoms with Gasteiger partial charge >= 0.3 is 0 Å². The third kappa shape index (κ3) is 3.72. The van der Waals surface area contributed by atoms with Crippen LogP contribution in [0.2, 0.25) is 0 Å². The minimum absolute atomic E-state index is 0.0331. The molecular formula is C19H27N5O2. The molecule has 0 unspecified atom stereocenters. The van der Waals surface area contributed by atoms with Gasteiger partial charge in [-0.25, -0.2) is 0 Å². The fourth-order valence-electron chi connectivity index (χ4n) is 3.61. The number of nitrogens with one attached hydrogen (secondary N) is 1. The Morgan fingerprint density at radius 2 is 2.04 bits per heavy atom. The summed E-state index contributed by atoms with van der Waals surface area (Å²) in [5.74, 6) is 0.0381. The quantitative estimate of drug-likeness (QED) is 0.870. The maximum atomic E-state index is 12.7. The lowest BCUT2D eigenvalue weighted by molar-refractivity contribution is -0.139. The number of aromatic nitrogens is 2. The highest BCUT2D eigenvalue weighted by atomic mass is 16.2. The van der Waals surface area contributed by atoms with Crippen molar-refractivity contribution < 1.29 is 9.59 Å². The molecule has 2 aromatic rings. The smallest absolute Gasteiger partial charge is 0.238 e. The zero-order valence-corrected chi connectivity index (χ0v) is 15.7. The Labute approximate surface area is 153 Å². The van der Waals surface area contributed by atoms with Crippen molar-refractivity contribution in [2.45, 2.75) is 38.9 Å². The Morgan fingerprint density at radius 3 is 2.77 bits per heavy atom. The maximum Gasteiger partial charge on any atom is 0.238 e. The van der Waals surface area contributed by atoms with Crippen LogP contribution in [0.5, 0.6) is 0 Å². The molecule has 1 N–H and O–H groups in total. The number of piperazine rings is 1. The van der Waals surface area contributed by atoms with Crippen LogP contribution < -0.4 is 5.32 Å². The van der Waals surface area contributed by atoms with E-state index in [9.17, 15) is 9.59 Å². The van der Waals surface area contributed by atoms with Gasteiger partial charge in [0.15, 0.2) is 0 Å². The molecule has 1 saturated heterocycles. The highest BCUT2D eigenvalue weighted by molar-refractivity contribution is 5.84. The number of benzene rings is 1. The van der Waals surface area contributed by atoms with Gasteiger partial charge in [-0.2, -0.15) is 5.10 Å². The molecule has 0 radical (unpaired) electrons. The summed E-state index contributed by atoms with van der Waals surface area (Å²) in [6.45, 7) is 6.51. The normalized spacial score (nSPS) is 18.5. The van der Waals surface area contributed by atoms with Gasteiger partial charge in [0, 0.05) is 44.5 Å². The predicted octanol–water partition coefficient (Wildman–Crippen LogP) is 1.09. The van der Waals surface area contributed by atoms with Gasteiger partial charge in [-0.15, -0.1) is 0 Å². The van der Waals surface area contributed by atoms with Gasteiger partial charge in [-0.1, -0.05) is 18.2 Å². The summed E-state index contributed by atoms with van der Waals surface area (Å²) in [5, 5.41) is 8.17. The molecule has 0 saturated carbocycles. The molecule has 1 aliphatic heterocycles. The van der Waals surface area contributed by atoms with E-state index in [0.717, 1.165) is 10.9 Å². The monoisotopic (exact) mass is 357 g/mol. The van der Waals surface area contributed by atoms with Crippen molar-refractivity contribution >= 4 is 22.7 Å². The molecule has 1 atom stereocenters. The van der Waals surface area contributed by atoms with Crippen LogP contribution in [-0.2, 0) is 16.1 Å². The summed E-state index contributed by atoms with van der Waals surface area (Å²) in [5.41, 5.74) is 1.04. The number of carbonyl (C=O) groups excluding carboxylic acids is 2. The lowest BCUT2D eigenvalue weighted by Crippen LogP contribution is -2.61. The largest absolute Gasteiger partial charge is 0.358 e. The number of rotatable bonds is 5. The Bertz CT molecular complexity index is 785. The molecule has 0 spiro atoms. The van der Waals surface area contributed by atoms with Gasteiger partial charge in [-0.05, 0) is 19.9 Å². The van der Waals surface area contributed by atoms with Crippen LogP contribution in [0.3, 0.4) is 0 Å². The molecule has 1 fully saturated rings. The Hall–Kier alpha value is -2.41. The number of para-hydroxylation sites is 1. The fraction of sp³-hybridized carbons (Fsp3) is 0.526. The number of fused-ring (bicyclic) bond motifs is 1. The number of likely N-dealkylation sites (N-methyl/N-ethyl adjacent to an activating group) is 1. The van der Waals surface area contributed by atoms with Crippen molar-refractivity contribution in [3.05, 3.63) is 30.5 Å². The number of aryl methyl sites for hydroxylation is 1. The van der Waals surface area contributed by atoms with Crippen molar-refractivity contribution in [3.8, 4) is 0 Å². The molecule has 2 heterocycles. The number of hydrogen-bond acceptors (Lipinski definition) is 4. The van der Waals surface area contributed by atoms with Crippen molar-refractivity contribution in [1.82, 2.24) is 24.9 Å². The molecule has 7 nitrogen and oxygen atoms in total. The van der Waals surface area contributed by atoms with Crippen LogP contribution in [-0.4, -0.2) is 70.2 Å². The first-order valence-corrected chi connectivity index (χ1v) is 9.17. The molecule has 1 aliphatic rings. The van der Waals surface area contributed by atoms with E-state index in [0.29, 0.717) is 32.6 Å². The molecule has 2 amide bonds. The van der Waals surface area contributed by atoms with Crippen molar-refractivity contribution in [1.29, 1.82) is 0 Å². The summed E-state index contributed by atoms with van der Waals surface area (Å²) in [6.07, 6.45) is 2.21. The summed E-state index contributed by atoms with van der Waals surface area (Å²) >= 11 is 0. The Balaban J connectivity index is 1.63. The van der Waals surface area contributed by atoms with E-state index in [1.165, 1.54) is 0 Å². The topological polar surface area (TPSA) is 70.5 Å². The molecule has 1 aromatic heterocycles. The average molecular weight is 357 g/mol. The van der Waals surface area contributed by atoms with E-state index >= 15 is 0 Å². The highest BCUT2D eigenvalue weighted by Gasteiger charge is 2.34. The van der Waals surface area contributed by atoms with Crippen LogP contribution in [0, 0.1) is 0 Å². The number of amides is 2. The fourth-order valence-corrected chi connectivity index (χ4v) is 3.61. The van der Waals surface area contributed by atoms with Crippen LogP contribution in [0.15, 0.2) is 30.5 Å². The second-order valence-corrected chi connectivity index (χ2v) is 6.98. The predicted molar refractivity (Wildman–Crippen MR) is 101 cm³/mol. The third-order valence-corrected chi connectivity index (χ3v) is 5.08. The van der Waals surface area contributed by atoms with E-state index in [2.05, 4.69) is 29.2 Å². The van der Waals surface area contributed by atoms with Gasteiger partial charge in [0.2, 0.25) is 11.8 Å². The lowest BCUT2D eigenvalue weighted by Gasteiger charge is -2.42. The van der Waals surface area contributed by atoms with E-state index in [1.807, 2.05) is 40.0 Å². The highest BCUT2D eigenvalue weighted by Crippen LogP contribution is 2.16. The number of hydrogen-bond donors (Lipinski definition) is 1. The molecule has 1 aromatic carbocycles. The van der Waals surface area contributed by atoms with E-state index < -0.39 is 0 Å². The van der Waals surface area contributed by atoms with E-state index in [1.54, 1.807) is 7.05 Å². The van der Waals surface area contributed by atoms with Crippen LogP contribution in [0.4, 0.5) is 0 Å². The molecule has 0 aliphatic carbocycles. The van der Waals surface area contributed by atoms with Crippen LogP contribution >= 0.6 is 0 Å². The molecule has 0 bridgehead atoms. The van der Waals surface area contributed by atoms with Crippen molar-refractivity contribution in [2.24, 2.45) is 0 Å². The minimum atomic E-state index is -0.289. The Kier molecular flexibility index (Phi) is 5.56. The minimum Gasteiger partial charge on any atom is -0.358 e. The first-order valence-electron chi connectivity index (χ1n) is 9.17. The third-order valence-electron chi connectivity index (χ3n) is 5.08. The van der Waals surface area contributed by atoms with Gasteiger partial charge in [0.25, 0.3) is 0 Å². The second kappa shape index (κ2) is 7.86. The maximum absolute atomic E-state index is 12.7. The standard InChI is InChI=1S/C19H27N5O2/c1-14(2)23-11-10-22(13-17(23)19(26)20-3)18(25)8-9-24-16-7-5-4-6-15(16)12-21-24/h4-7,12,14,17H,8-11,13H2,1-3H3,(H,20,26)/t17-/m1/s1. The van der Waals surface area contributed by atoms with Gasteiger partial charge in [0.05, 0.1) is 18.3 Å². The van der Waals surface area contributed by atoms with Gasteiger partial charge < -0.3 is 10.2 Å². The van der Waals surface area contributed by atoms with Crippen LogP contribution in [0.1, 0.15) is 20.3 Å². The summed E-state index contributed by atoms with van der Waals surface area (Å²) in [6, 6.07) is 7.96. The molecule has 3 rings (SSSR count). The SMILES string of the molecule is CNC(=O)[C@H]1CN(C(=O)CCn2ncc3ccccc32)CCN1C(C)C. The van der Waals surface area contributed by atoms with E-state index in [-0.39, 0.29) is 23.9 Å². The van der Waals surface area contributed by atoms with Crippen LogP contribution in [0.25, 0.3) is 10.9 Å². The second-order valence-electron chi connectivity index (χ2n) is 6.98. The lowest BCUT2D eigenvalue weighted by atomic mass is 10.1. The van der Waals surface area contributed by atoms with Crippen molar-refractivity contribution in [2.75, 3.05) is 26.7 Å². The first-order chi connectivity index (χ1) is 12.5. The Morgan fingerprint density at radius 1 is 1.27 bits per heavy atom. The number of nitrogens with zero attached hydrogens (tertiary/aromatic N) is 4. The average Bonchev–Trinajstić information content (AvgIpc) is 3.08. The first kappa shape index (κ1) is 18.4. The summed E-state index contributed by atoms with van der Waals surface area (Å²) < 4.78 is 1.87. The van der Waals surface area contributed by atoms with Gasteiger partial charge in [-0.3, -0.25) is 19.2 Å². The molecule has 140 valence electrons. The molecular weight excluding hydrogens is 330 g/mol. The van der Waals surface area contributed by atoms with E-state index in [4.69, 9.17) is 0 Å². The summed E-state index contributed by atoms with van der Waals surface area (Å²) in [7, 11) is 1.64. The summed E-state index contributed by atoms with van der Waals surface area (Å²) in [4.78, 5) is 28.9. The molecule has 7 heteroatoms. The zero-order chi connectivity index (χ0) is 18.7. The molecule has 26 heavy (non-hydrogen) atoms. The zero-order valence-electron chi connectivity index (χ0n) is 15.7. The van der Waals surface area contributed by atoms with Gasteiger partial charge in [0.1, 0.15) is 6.04 Å². The van der Waals surface area contributed by atoms with Crippen molar-refractivity contribution in [3.63, 3.8) is 0 Å².